The van der Waals surface area contributed by atoms with Crippen LogP contribution >= 0.6 is 0 Å². The van der Waals surface area contributed by atoms with E-state index in [4.69, 9.17) is 10.5 Å². The molecule has 1 aliphatic rings. The number of hydrogen-bond acceptors (Lipinski definition) is 5. The minimum Gasteiger partial charge on any atom is -0.466 e. The van der Waals surface area contributed by atoms with Crippen LogP contribution in [0.2, 0.25) is 0 Å². The molecule has 0 saturated carbocycles. The van der Waals surface area contributed by atoms with Gasteiger partial charge in [0.15, 0.2) is 0 Å². The quantitative estimate of drug-likeness (QED) is 0.837. The lowest BCUT2D eigenvalue weighted by atomic mass is 9.97. The van der Waals surface area contributed by atoms with Crippen molar-refractivity contribution in [2.75, 3.05) is 24.6 Å². The van der Waals surface area contributed by atoms with Gasteiger partial charge in [0.1, 0.15) is 5.82 Å². The van der Waals surface area contributed by atoms with Gasteiger partial charge in [-0.1, -0.05) is 6.07 Å². The number of carbonyl (C=O) groups excluding carboxylic acids is 1. The number of hydrogen-bond donors (Lipinski definition) is 1. The highest BCUT2D eigenvalue weighted by molar-refractivity contribution is 5.72. The highest BCUT2D eigenvalue weighted by atomic mass is 16.5. The van der Waals surface area contributed by atoms with Crippen molar-refractivity contribution in [2.45, 2.75) is 39.2 Å². The molecule has 1 saturated heterocycles. The van der Waals surface area contributed by atoms with Gasteiger partial charge in [-0.3, -0.25) is 4.79 Å². The van der Waals surface area contributed by atoms with Crippen molar-refractivity contribution >= 4 is 11.8 Å². The summed E-state index contributed by atoms with van der Waals surface area (Å²) in [6.07, 6.45) is 4.42. The third-order valence-electron chi connectivity index (χ3n) is 3.81. The molecule has 1 aromatic heterocycles. The predicted molar refractivity (Wildman–Crippen MR) is 83.2 cm³/mol. The molecule has 2 rings (SSSR count). The van der Waals surface area contributed by atoms with Crippen molar-refractivity contribution < 1.29 is 9.53 Å². The molecule has 5 nitrogen and oxygen atoms in total. The SMILES string of the molecule is CCOC(=O)C1CCN(c2ccc(CC(C)N)cn2)CC1. The molecule has 1 aromatic rings. The Balaban J connectivity index is 1.88. The molecule has 0 bridgehead atoms. The van der Waals surface area contributed by atoms with Gasteiger partial charge in [0.25, 0.3) is 0 Å². The molecule has 0 amide bonds. The molecule has 0 radical (unpaired) electrons. The number of rotatable bonds is 5. The molecule has 1 unspecified atom stereocenters. The maximum atomic E-state index is 11.7. The van der Waals surface area contributed by atoms with Crippen molar-refractivity contribution in [3.63, 3.8) is 0 Å². The van der Waals surface area contributed by atoms with E-state index >= 15 is 0 Å². The van der Waals surface area contributed by atoms with Crippen LogP contribution in [0.4, 0.5) is 5.82 Å². The number of ether oxygens (including phenoxy) is 1. The summed E-state index contributed by atoms with van der Waals surface area (Å²) >= 11 is 0. The van der Waals surface area contributed by atoms with E-state index in [2.05, 4.69) is 16.0 Å². The Kier molecular flexibility index (Phi) is 5.56. The lowest BCUT2D eigenvalue weighted by Gasteiger charge is -2.31. The van der Waals surface area contributed by atoms with Gasteiger partial charge in [0.05, 0.1) is 12.5 Å². The van der Waals surface area contributed by atoms with Gasteiger partial charge in [0.2, 0.25) is 0 Å². The Hall–Kier alpha value is -1.62. The first-order valence-corrected chi connectivity index (χ1v) is 7.72. The Morgan fingerprint density at radius 2 is 2.19 bits per heavy atom. The maximum Gasteiger partial charge on any atom is 0.309 e. The third-order valence-corrected chi connectivity index (χ3v) is 3.81. The Morgan fingerprint density at radius 3 is 2.71 bits per heavy atom. The summed E-state index contributed by atoms with van der Waals surface area (Å²) in [5.74, 6) is 0.960. The molecule has 0 aliphatic carbocycles. The number of pyridine rings is 1. The standard InChI is InChI=1S/C16H25N3O2/c1-3-21-16(20)14-6-8-19(9-7-14)15-5-4-13(11-18-15)10-12(2)17/h4-5,11-12,14H,3,6-10,17H2,1-2H3. The van der Waals surface area contributed by atoms with E-state index in [1.807, 2.05) is 26.1 Å². The fraction of sp³-hybridized carbons (Fsp3) is 0.625. The molecular weight excluding hydrogens is 266 g/mol. The highest BCUT2D eigenvalue weighted by Gasteiger charge is 2.26. The van der Waals surface area contributed by atoms with Gasteiger partial charge < -0.3 is 15.4 Å². The van der Waals surface area contributed by atoms with Gasteiger partial charge in [-0.25, -0.2) is 4.98 Å². The zero-order valence-electron chi connectivity index (χ0n) is 12.9. The van der Waals surface area contributed by atoms with Crippen molar-refractivity contribution in [1.29, 1.82) is 0 Å². The zero-order valence-corrected chi connectivity index (χ0v) is 12.9. The van der Waals surface area contributed by atoms with E-state index in [0.717, 1.165) is 43.7 Å². The normalized spacial score (nSPS) is 17.6. The number of nitrogens with two attached hydrogens (primary N) is 1. The molecule has 2 heterocycles. The molecule has 21 heavy (non-hydrogen) atoms. The average Bonchev–Trinajstić information content (AvgIpc) is 2.48. The fourth-order valence-corrected chi connectivity index (χ4v) is 2.70. The minimum atomic E-state index is -0.0580. The molecular formula is C16H25N3O2. The number of piperidine rings is 1. The number of carbonyl (C=O) groups is 1. The molecule has 0 aromatic carbocycles. The number of aromatic nitrogens is 1. The second-order valence-corrected chi connectivity index (χ2v) is 5.72. The van der Waals surface area contributed by atoms with Crippen LogP contribution in [0.15, 0.2) is 18.3 Å². The lowest BCUT2D eigenvalue weighted by molar-refractivity contribution is -0.148. The molecule has 1 atom stereocenters. The van der Waals surface area contributed by atoms with Crippen LogP contribution in [-0.4, -0.2) is 36.7 Å². The van der Waals surface area contributed by atoms with Gasteiger partial charge in [-0.05, 0) is 44.7 Å². The number of nitrogens with zero attached hydrogens (tertiary/aromatic N) is 2. The summed E-state index contributed by atoms with van der Waals surface area (Å²) in [6.45, 7) is 6.00. The van der Waals surface area contributed by atoms with Gasteiger partial charge in [-0.2, -0.15) is 0 Å². The molecule has 2 N–H and O–H groups in total. The van der Waals surface area contributed by atoms with Crippen LogP contribution < -0.4 is 10.6 Å². The maximum absolute atomic E-state index is 11.7. The van der Waals surface area contributed by atoms with E-state index in [-0.39, 0.29) is 17.9 Å². The van der Waals surface area contributed by atoms with Crippen molar-refractivity contribution in [3.05, 3.63) is 23.9 Å². The molecule has 1 fully saturated rings. The summed E-state index contributed by atoms with van der Waals surface area (Å²) in [6, 6.07) is 4.28. The van der Waals surface area contributed by atoms with E-state index < -0.39 is 0 Å². The Morgan fingerprint density at radius 1 is 1.48 bits per heavy atom. The van der Waals surface area contributed by atoms with E-state index in [1.165, 1.54) is 0 Å². The van der Waals surface area contributed by atoms with Crippen LogP contribution in [0.25, 0.3) is 0 Å². The Bertz CT molecular complexity index is 451. The van der Waals surface area contributed by atoms with Crippen LogP contribution in [0.5, 0.6) is 0 Å². The summed E-state index contributed by atoms with van der Waals surface area (Å²) in [5.41, 5.74) is 6.95. The fourth-order valence-electron chi connectivity index (χ4n) is 2.70. The molecule has 116 valence electrons. The van der Waals surface area contributed by atoms with Crippen LogP contribution in [-0.2, 0) is 16.0 Å². The zero-order chi connectivity index (χ0) is 15.2. The Labute approximate surface area is 126 Å². The third kappa shape index (κ3) is 4.43. The molecule has 1 aliphatic heterocycles. The van der Waals surface area contributed by atoms with Gasteiger partial charge in [-0.15, -0.1) is 0 Å². The number of anilines is 1. The predicted octanol–water partition coefficient (Wildman–Crippen LogP) is 1.75. The lowest BCUT2D eigenvalue weighted by Crippen LogP contribution is -2.37. The van der Waals surface area contributed by atoms with Gasteiger partial charge >= 0.3 is 5.97 Å². The van der Waals surface area contributed by atoms with Crippen LogP contribution in [0, 0.1) is 5.92 Å². The molecule has 0 spiro atoms. The van der Waals surface area contributed by atoms with Crippen LogP contribution in [0.1, 0.15) is 32.3 Å². The summed E-state index contributed by atoms with van der Waals surface area (Å²) < 4.78 is 5.09. The largest absolute Gasteiger partial charge is 0.466 e. The van der Waals surface area contributed by atoms with Crippen LogP contribution in [0.3, 0.4) is 0 Å². The second-order valence-electron chi connectivity index (χ2n) is 5.72. The second kappa shape index (κ2) is 7.41. The first-order valence-electron chi connectivity index (χ1n) is 7.72. The topological polar surface area (TPSA) is 68.5 Å². The summed E-state index contributed by atoms with van der Waals surface area (Å²) in [5, 5.41) is 0. The monoisotopic (exact) mass is 291 g/mol. The van der Waals surface area contributed by atoms with E-state index in [9.17, 15) is 4.79 Å². The minimum absolute atomic E-state index is 0.0403. The van der Waals surface area contributed by atoms with E-state index in [0.29, 0.717) is 6.61 Å². The number of esters is 1. The van der Waals surface area contributed by atoms with Crippen molar-refractivity contribution in [1.82, 2.24) is 4.98 Å². The smallest absolute Gasteiger partial charge is 0.309 e. The average molecular weight is 291 g/mol. The van der Waals surface area contributed by atoms with E-state index in [1.54, 1.807) is 0 Å². The summed E-state index contributed by atoms with van der Waals surface area (Å²) in [4.78, 5) is 18.5. The van der Waals surface area contributed by atoms with Gasteiger partial charge in [0, 0.05) is 25.3 Å². The highest BCUT2D eigenvalue weighted by Crippen LogP contribution is 2.23. The van der Waals surface area contributed by atoms with Crippen molar-refractivity contribution in [3.8, 4) is 0 Å². The first kappa shape index (κ1) is 15.8. The van der Waals surface area contributed by atoms with Crippen molar-refractivity contribution in [2.24, 2.45) is 11.7 Å². The molecule has 5 heteroatoms. The summed E-state index contributed by atoms with van der Waals surface area (Å²) in [7, 11) is 0. The first-order chi connectivity index (χ1) is 10.1.